The lowest BCUT2D eigenvalue weighted by Gasteiger charge is -2.15. The first-order chi connectivity index (χ1) is 14.3. The summed E-state index contributed by atoms with van der Waals surface area (Å²) in [7, 11) is -4.14. The van der Waals surface area contributed by atoms with Crippen molar-refractivity contribution < 1.29 is 18.1 Å². The van der Waals surface area contributed by atoms with Crippen molar-refractivity contribution in [3.05, 3.63) is 88.5 Å². The number of nitrogens with zero attached hydrogens (tertiary/aromatic N) is 1. The normalized spacial score (nSPS) is 10.8. The van der Waals surface area contributed by atoms with Crippen molar-refractivity contribution in [3.8, 4) is 0 Å². The largest absolute Gasteiger partial charge is 0.323 e. The minimum absolute atomic E-state index is 0.117. The highest BCUT2D eigenvalue weighted by atomic mass is 32.2. The minimum atomic E-state index is -4.14. The molecule has 0 fully saturated rings. The van der Waals surface area contributed by atoms with Crippen LogP contribution in [0.5, 0.6) is 0 Å². The predicted octanol–water partition coefficient (Wildman–Crippen LogP) is 4.35. The average Bonchev–Trinajstić information content (AvgIpc) is 2.70. The van der Waals surface area contributed by atoms with Crippen LogP contribution in [0.4, 0.5) is 27.5 Å². The minimum Gasteiger partial charge on any atom is -0.308 e. The molecule has 3 aromatic rings. The Morgan fingerprint density at radius 2 is 1.53 bits per heavy atom. The molecule has 2 amide bonds. The van der Waals surface area contributed by atoms with Crippen molar-refractivity contribution >= 4 is 38.8 Å². The molecule has 0 aromatic heterocycles. The molecule has 0 unspecified atom stereocenters. The van der Waals surface area contributed by atoms with Gasteiger partial charge in [-0.25, -0.2) is 13.2 Å². The number of non-ortho nitro benzene ring substituents is 1. The molecular weight excluding hydrogens is 408 g/mol. The van der Waals surface area contributed by atoms with Gasteiger partial charge in [-0.2, -0.15) is 0 Å². The quantitative estimate of drug-likeness (QED) is 0.398. The van der Waals surface area contributed by atoms with E-state index < -0.39 is 21.0 Å². The fraction of sp³-hybridized carbons (Fsp3) is 0.0500. The first-order valence-electron chi connectivity index (χ1n) is 8.76. The fourth-order valence-electron chi connectivity index (χ4n) is 2.68. The molecular formula is C20H18N4O5S. The lowest BCUT2D eigenvalue weighted by molar-refractivity contribution is -0.385. The maximum atomic E-state index is 12.9. The molecule has 3 N–H and O–H groups in total. The molecule has 9 nitrogen and oxygen atoms in total. The van der Waals surface area contributed by atoms with Gasteiger partial charge in [0.25, 0.3) is 15.7 Å². The Kier molecular flexibility index (Phi) is 5.98. The highest BCUT2D eigenvalue weighted by Crippen LogP contribution is 2.27. The number of carbonyl (C=O) groups is 1. The van der Waals surface area contributed by atoms with Crippen LogP contribution in [0.25, 0.3) is 0 Å². The van der Waals surface area contributed by atoms with Gasteiger partial charge >= 0.3 is 6.03 Å². The third-order valence-corrected chi connectivity index (χ3v) is 5.63. The van der Waals surface area contributed by atoms with Crippen LogP contribution < -0.4 is 15.4 Å². The van der Waals surface area contributed by atoms with Crippen molar-refractivity contribution in [3.63, 3.8) is 0 Å². The van der Waals surface area contributed by atoms with E-state index >= 15 is 0 Å². The summed E-state index contributed by atoms with van der Waals surface area (Å²) in [6.45, 7) is 1.54. The molecule has 0 bridgehead atoms. The maximum absolute atomic E-state index is 12.9. The van der Waals surface area contributed by atoms with Crippen LogP contribution in [-0.4, -0.2) is 19.4 Å². The lowest BCUT2D eigenvalue weighted by atomic mass is 10.2. The Hall–Kier alpha value is -3.92. The van der Waals surface area contributed by atoms with Gasteiger partial charge in [-0.1, -0.05) is 36.4 Å². The Morgan fingerprint density at radius 3 is 2.20 bits per heavy atom. The molecule has 0 saturated heterocycles. The van der Waals surface area contributed by atoms with Crippen LogP contribution in [0.15, 0.2) is 77.7 Å². The third-order valence-electron chi connectivity index (χ3n) is 4.12. The van der Waals surface area contributed by atoms with E-state index in [4.69, 9.17) is 0 Å². The molecule has 10 heteroatoms. The summed E-state index contributed by atoms with van der Waals surface area (Å²) in [5.74, 6) is 0. The molecule has 0 spiro atoms. The Balaban J connectivity index is 1.85. The van der Waals surface area contributed by atoms with Gasteiger partial charge in [0.2, 0.25) is 0 Å². The van der Waals surface area contributed by atoms with Crippen LogP contribution in [0.2, 0.25) is 0 Å². The van der Waals surface area contributed by atoms with Gasteiger partial charge in [-0.15, -0.1) is 0 Å². The van der Waals surface area contributed by atoms with Crippen LogP contribution in [-0.2, 0) is 10.0 Å². The summed E-state index contributed by atoms with van der Waals surface area (Å²) >= 11 is 0. The number of urea groups is 1. The molecule has 0 radical (unpaired) electrons. The molecule has 0 aliphatic heterocycles. The molecule has 0 saturated carbocycles. The first-order valence-corrected chi connectivity index (χ1v) is 10.2. The number of rotatable bonds is 6. The summed E-state index contributed by atoms with van der Waals surface area (Å²) in [5.41, 5.74) is 0.916. The second-order valence-corrected chi connectivity index (χ2v) is 7.95. The van der Waals surface area contributed by atoms with Crippen molar-refractivity contribution in [2.45, 2.75) is 11.8 Å². The zero-order valence-corrected chi connectivity index (χ0v) is 16.6. The number of sulfonamides is 1. The highest BCUT2D eigenvalue weighted by molar-refractivity contribution is 7.92. The van der Waals surface area contributed by atoms with Crippen molar-refractivity contribution in [2.75, 3.05) is 15.4 Å². The number of carbonyl (C=O) groups excluding carboxylic acids is 1. The molecule has 0 aliphatic carbocycles. The van der Waals surface area contributed by atoms with E-state index in [0.717, 1.165) is 6.07 Å². The SMILES string of the molecule is Cc1ccc([N+](=O)[O-])cc1S(=O)(=O)Nc1ccccc1NC(=O)Nc1ccccc1. The number of hydrogen-bond acceptors (Lipinski definition) is 5. The first kappa shape index (κ1) is 20.8. The topological polar surface area (TPSA) is 130 Å². The van der Waals surface area contributed by atoms with Crippen LogP contribution in [0.1, 0.15) is 5.56 Å². The van der Waals surface area contributed by atoms with Gasteiger partial charge in [0.05, 0.1) is 21.2 Å². The smallest absolute Gasteiger partial charge is 0.308 e. The summed E-state index contributed by atoms with van der Waals surface area (Å²) in [4.78, 5) is 22.4. The number of nitro groups is 1. The van der Waals surface area contributed by atoms with E-state index in [2.05, 4.69) is 15.4 Å². The number of anilines is 3. The lowest BCUT2D eigenvalue weighted by Crippen LogP contribution is -2.21. The van der Waals surface area contributed by atoms with Gasteiger partial charge in [-0.3, -0.25) is 14.8 Å². The molecule has 30 heavy (non-hydrogen) atoms. The summed E-state index contributed by atoms with van der Waals surface area (Å²) < 4.78 is 28.1. The zero-order chi connectivity index (χ0) is 21.7. The number of aryl methyl sites for hydroxylation is 1. The summed E-state index contributed by atoms with van der Waals surface area (Å²) in [6.07, 6.45) is 0. The van der Waals surface area contributed by atoms with Gasteiger partial charge in [-0.05, 0) is 36.8 Å². The van der Waals surface area contributed by atoms with E-state index in [1.807, 2.05) is 6.07 Å². The molecule has 0 atom stereocenters. The number of amides is 2. The Bertz CT molecular complexity index is 1200. The highest BCUT2D eigenvalue weighted by Gasteiger charge is 2.22. The average molecular weight is 426 g/mol. The van der Waals surface area contributed by atoms with E-state index in [1.165, 1.54) is 31.2 Å². The van der Waals surface area contributed by atoms with E-state index in [-0.39, 0.29) is 22.0 Å². The van der Waals surface area contributed by atoms with E-state index in [1.54, 1.807) is 36.4 Å². The monoisotopic (exact) mass is 426 g/mol. The van der Waals surface area contributed by atoms with Crippen LogP contribution in [0.3, 0.4) is 0 Å². The maximum Gasteiger partial charge on any atom is 0.323 e. The number of hydrogen-bond donors (Lipinski definition) is 3. The van der Waals surface area contributed by atoms with E-state index in [0.29, 0.717) is 11.3 Å². The Morgan fingerprint density at radius 1 is 0.900 bits per heavy atom. The third kappa shape index (κ3) is 4.92. The predicted molar refractivity (Wildman–Crippen MR) is 114 cm³/mol. The standard InChI is InChI=1S/C20H18N4O5S/c1-14-11-12-16(24(26)27)13-19(14)30(28,29)23-18-10-6-5-9-17(18)22-20(25)21-15-7-3-2-4-8-15/h2-13,23H,1H3,(H2,21,22,25). The number of benzene rings is 3. The molecule has 3 rings (SSSR count). The van der Waals surface area contributed by atoms with E-state index in [9.17, 15) is 23.3 Å². The summed E-state index contributed by atoms with van der Waals surface area (Å²) in [5, 5.41) is 16.2. The van der Waals surface area contributed by atoms with Crippen molar-refractivity contribution in [2.24, 2.45) is 0 Å². The molecule has 3 aromatic carbocycles. The van der Waals surface area contributed by atoms with Crippen molar-refractivity contribution in [1.29, 1.82) is 0 Å². The number of nitrogens with one attached hydrogen (secondary N) is 3. The van der Waals surface area contributed by atoms with Crippen LogP contribution >= 0.6 is 0 Å². The second-order valence-electron chi connectivity index (χ2n) is 6.30. The van der Waals surface area contributed by atoms with Gasteiger partial charge in [0.15, 0.2) is 0 Å². The van der Waals surface area contributed by atoms with Crippen molar-refractivity contribution in [1.82, 2.24) is 0 Å². The van der Waals surface area contributed by atoms with Gasteiger partial charge in [0.1, 0.15) is 0 Å². The molecule has 0 heterocycles. The Labute approximate surface area is 173 Å². The number of para-hydroxylation sites is 3. The molecule has 0 aliphatic rings. The van der Waals surface area contributed by atoms with Gasteiger partial charge in [0, 0.05) is 17.8 Å². The van der Waals surface area contributed by atoms with Crippen LogP contribution in [0, 0.1) is 17.0 Å². The van der Waals surface area contributed by atoms with Gasteiger partial charge < -0.3 is 10.6 Å². The zero-order valence-electron chi connectivity index (χ0n) is 15.8. The number of nitro benzene ring substituents is 1. The molecule has 154 valence electrons. The second kappa shape index (κ2) is 8.62. The fourth-order valence-corrected chi connectivity index (χ4v) is 4.02. The summed E-state index contributed by atoms with van der Waals surface area (Å²) in [6, 6.07) is 18.0.